The van der Waals surface area contributed by atoms with E-state index in [9.17, 15) is 4.79 Å². The lowest BCUT2D eigenvalue weighted by atomic mass is 9.78. The number of aromatic nitrogens is 4. The number of aryl methyl sites for hydroxylation is 3. The van der Waals surface area contributed by atoms with Crippen molar-refractivity contribution >= 4 is 17.4 Å². The van der Waals surface area contributed by atoms with Crippen LogP contribution in [0.3, 0.4) is 0 Å². The largest absolute Gasteiger partial charge is 0.485 e. The van der Waals surface area contributed by atoms with Gasteiger partial charge in [-0.15, -0.1) is 5.10 Å². The van der Waals surface area contributed by atoms with Gasteiger partial charge in [0.25, 0.3) is 5.78 Å². The number of rotatable bonds is 6. The first-order chi connectivity index (χ1) is 18.4. The summed E-state index contributed by atoms with van der Waals surface area (Å²) in [5.74, 6) is 3.19. The van der Waals surface area contributed by atoms with E-state index in [0.717, 1.165) is 75.4 Å². The van der Waals surface area contributed by atoms with E-state index in [4.69, 9.17) is 9.47 Å². The molecule has 3 aromatic rings. The predicted molar refractivity (Wildman–Crippen MR) is 145 cm³/mol. The molecular formula is C29H38N6O3. The molecule has 1 aliphatic carbocycles. The Morgan fingerprint density at radius 3 is 2.37 bits per heavy atom. The monoisotopic (exact) mass is 518 g/mol. The Morgan fingerprint density at radius 2 is 1.66 bits per heavy atom. The van der Waals surface area contributed by atoms with Gasteiger partial charge in [0.2, 0.25) is 5.91 Å². The Kier molecular flexibility index (Phi) is 6.72. The lowest BCUT2D eigenvalue weighted by molar-refractivity contribution is -0.148. The zero-order valence-electron chi connectivity index (χ0n) is 22.9. The first-order valence-electron chi connectivity index (χ1n) is 13.9. The quantitative estimate of drug-likeness (QED) is 0.490. The minimum Gasteiger partial charge on any atom is -0.485 e. The van der Waals surface area contributed by atoms with Crippen LogP contribution in [0.15, 0.2) is 24.3 Å². The van der Waals surface area contributed by atoms with Crippen LogP contribution in [0.4, 0.5) is 5.69 Å². The van der Waals surface area contributed by atoms with Crippen molar-refractivity contribution in [3.63, 3.8) is 0 Å². The van der Waals surface area contributed by atoms with Crippen LogP contribution in [0, 0.1) is 26.7 Å². The maximum Gasteiger partial charge on any atom is 0.253 e. The average Bonchev–Trinajstić information content (AvgIpc) is 3.52. The fourth-order valence-corrected chi connectivity index (χ4v) is 6.31. The molecule has 1 amide bonds. The van der Waals surface area contributed by atoms with Crippen LogP contribution in [-0.4, -0.2) is 75.9 Å². The number of amides is 1. The Hall–Kier alpha value is -3.20. The number of methoxy groups -OCH3 is 1. The highest BCUT2D eigenvalue weighted by Gasteiger charge is 2.36. The van der Waals surface area contributed by atoms with Gasteiger partial charge in [-0.25, -0.2) is 4.98 Å². The average molecular weight is 519 g/mol. The van der Waals surface area contributed by atoms with Gasteiger partial charge in [-0.1, -0.05) is 12.1 Å². The molecule has 0 N–H and O–H groups in total. The summed E-state index contributed by atoms with van der Waals surface area (Å²) in [5.41, 5.74) is 4.42. The van der Waals surface area contributed by atoms with E-state index >= 15 is 0 Å². The molecule has 1 atom stereocenters. The molecule has 2 aromatic heterocycles. The summed E-state index contributed by atoms with van der Waals surface area (Å²) in [6.45, 7) is 9.19. The molecule has 1 aromatic carbocycles. The fraction of sp³-hybridized carbons (Fsp3) is 0.586. The number of hydrogen-bond donors (Lipinski definition) is 0. The highest BCUT2D eigenvalue weighted by molar-refractivity contribution is 5.79. The van der Waals surface area contributed by atoms with Crippen molar-refractivity contribution in [1.82, 2.24) is 24.5 Å². The van der Waals surface area contributed by atoms with E-state index in [2.05, 4.69) is 44.2 Å². The Labute approximate surface area is 224 Å². The lowest BCUT2D eigenvalue weighted by Crippen LogP contribution is -2.56. The number of hydrogen-bond acceptors (Lipinski definition) is 7. The molecule has 2 saturated heterocycles. The summed E-state index contributed by atoms with van der Waals surface area (Å²) < 4.78 is 13.6. The number of anilines is 1. The minimum absolute atomic E-state index is 0.106. The van der Waals surface area contributed by atoms with Gasteiger partial charge in [0, 0.05) is 44.8 Å². The normalized spacial score (nSPS) is 24.2. The van der Waals surface area contributed by atoms with Crippen LogP contribution >= 0.6 is 0 Å². The molecule has 9 heteroatoms. The van der Waals surface area contributed by atoms with Crippen molar-refractivity contribution in [2.45, 2.75) is 71.0 Å². The van der Waals surface area contributed by atoms with Gasteiger partial charge in [-0.3, -0.25) is 4.79 Å². The number of carbonyl (C=O) groups is 1. The fourth-order valence-electron chi connectivity index (χ4n) is 6.31. The molecule has 0 spiro atoms. The standard InChI is InChI=1S/C29H38N6O3/c1-18-27(19(2)35-29(30-18)31-20(3)32-35)38-25-13-14-33(15-25)24-11-9-22(10-12-24)21-5-7-23(8-6-21)28(36)34-16-26(17-34)37-4/h9-12,21,23,25-26H,5-8,13-17H2,1-4H3. The molecule has 2 aliphatic heterocycles. The van der Waals surface area contributed by atoms with Gasteiger partial charge in [0.15, 0.2) is 5.75 Å². The number of carbonyl (C=O) groups excluding carboxylic acids is 1. The maximum absolute atomic E-state index is 12.8. The van der Waals surface area contributed by atoms with Gasteiger partial charge >= 0.3 is 0 Å². The first kappa shape index (κ1) is 25.1. The van der Waals surface area contributed by atoms with Crippen LogP contribution in [0.25, 0.3) is 5.78 Å². The van der Waals surface area contributed by atoms with Gasteiger partial charge in [-0.05, 0) is 70.1 Å². The van der Waals surface area contributed by atoms with E-state index in [1.54, 1.807) is 11.6 Å². The molecular weight excluding hydrogens is 480 g/mol. The molecule has 3 fully saturated rings. The van der Waals surface area contributed by atoms with Crippen LogP contribution in [0.2, 0.25) is 0 Å². The summed E-state index contributed by atoms with van der Waals surface area (Å²) >= 11 is 0. The van der Waals surface area contributed by atoms with Crippen molar-refractivity contribution in [3.8, 4) is 5.75 Å². The number of nitrogens with zero attached hydrogens (tertiary/aromatic N) is 6. The van der Waals surface area contributed by atoms with Gasteiger partial charge < -0.3 is 19.3 Å². The second kappa shape index (κ2) is 10.2. The van der Waals surface area contributed by atoms with E-state index in [1.165, 1.54) is 11.3 Å². The predicted octanol–water partition coefficient (Wildman–Crippen LogP) is 3.84. The Bertz CT molecular complexity index is 1310. The van der Waals surface area contributed by atoms with E-state index < -0.39 is 0 Å². The molecule has 38 heavy (non-hydrogen) atoms. The number of ether oxygens (including phenoxy) is 2. The second-order valence-corrected chi connectivity index (χ2v) is 11.2. The van der Waals surface area contributed by atoms with E-state index in [-0.39, 0.29) is 18.1 Å². The molecule has 3 aliphatic rings. The molecule has 1 saturated carbocycles. The van der Waals surface area contributed by atoms with E-state index in [0.29, 0.717) is 23.4 Å². The van der Waals surface area contributed by atoms with Crippen molar-refractivity contribution in [1.29, 1.82) is 0 Å². The summed E-state index contributed by atoms with van der Waals surface area (Å²) in [5, 5.41) is 4.46. The van der Waals surface area contributed by atoms with Crippen molar-refractivity contribution in [3.05, 3.63) is 47.0 Å². The summed E-state index contributed by atoms with van der Waals surface area (Å²) in [6.07, 6.45) is 5.43. The van der Waals surface area contributed by atoms with Gasteiger partial charge in [0.05, 0.1) is 24.0 Å². The van der Waals surface area contributed by atoms with Crippen molar-refractivity contribution in [2.24, 2.45) is 5.92 Å². The minimum atomic E-state index is 0.106. The zero-order valence-corrected chi connectivity index (χ0v) is 22.9. The first-order valence-corrected chi connectivity index (χ1v) is 13.9. The van der Waals surface area contributed by atoms with Crippen LogP contribution in [0.1, 0.15) is 60.8 Å². The Morgan fingerprint density at radius 1 is 0.921 bits per heavy atom. The highest BCUT2D eigenvalue weighted by Crippen LogP contribution is 2.38. The molecule has 0 radical (unpaired) electrons. The van der Waals surface area contributed by atoms with Crippen molar-refractivity contribution in [2.75, 3.05) is 38.2 Å². The third kappa shape index (κ3) is 4.72. The Balaban J connectivity index is 1.03. The van der Waals surface area contributed by atoms with Crippen molar-refractivity contribution < 1.29 is 14.3 Å². The molecule has 9 nitrogen and oxygen atoms in total. The highest BCUT2D eigenvalue weighted by atomic mass is 16.5. The van der Waals surface area contributed by atoms with Crippen LogP contribution in [-0.2, 0) is 9.53 Å². The SMILES string of the molecule is COC1CN(C(=O)C2CCC(c3ccc(N4CCC(Oc5c(C)nc6nc(C)nn6c5C)C4)cc3)CC2)C1. The molecule has 0 bridgehead atoms. The molecule has 1 unspecified atom stereocenters. The lowest BCUT2D eigenvalue weighted by Gasteiger charge is -2.41. The topological polar surface area (TPSA) is 85.1 Å². The van der Waals surface area contributed by atoms with Crippen LogP contribution in [0.5, 0.6) is 5.75 Å². The molecule has 4 heterocycles. The van der Waals surface area contributed by atoms with Gasteiger partial charge in [0.1, 0.15) is 11.9 Å². The second-order valence-electron chi connectivity index (χ2n) is 11.2. The third-order valence-corrected chi connectivity index (χ3v) is 8.67. The van der Waals surface area contributed by atoms with Gasteiger partial charge in [-0.2, -0.15) is 9.50 Å². The summed E-state index contributed by atoms with van der Waals surface area (Å²) in [6, 6.07) is 9.08. The smallest absolute Gasteiger partial charge is 0.253 e. The number of benzene rings is 1. The molecule has 6 rings (SSSR count). The third-order valence-electron chi connectivity index (χ3n) is 8.67. The number of likely N-dealkylation sites (tertiary alicyclic amines) is 1. The molecule has 202 valence electrons. The summed E-state index contributed by atoms with van der Waals surface area (Å²) in [4.78, 5) is 26.1. The number of fused-ring (bicyclic) bond motifs is 1. The maximum atomic E-state index is 12.8. The van der Waals surface area contributed by atoms with E-state index in [1.807, 2.05) is 25.7 Å². The summed E-state index contributed by atoms with van der Waals surface area (Å²) in [7, 11) is 1.72. The zero-order chi connectivity index (χ0) is 26.4. The van der Waals surface area contributed by atoms with Crippen LogP contribution < -0.4 is 9.64 Å².